The van der Waals surface area contributed by atoms with E-state index < -0.39 is 5.97 Å². The standard InChI is InChI=1S/C26H27N3O2/c30-26(31)18-12-13-19-22(16-18)28-14-6-7-15-29-21-11-5-4-10-20(21)27-25(29)24(28)23(19)17-8-2-1-3-9-17/h4-5,10-13,16-17H,1-3,6-9,14-15H2,(H,30,31). The Hall–Kier alpha value is -3.08. The highest BCUT2D eigenvalue weighted by Crippen LogP contribution is 2.45. The monoisotopic (exact) mass is 413 g/mol. The van der Waals surface area contributed by atoms with Gasteiger partial charge in [0.2, 0.25) is 0 Å². The van der Waals surface area contributed by atoms with Gasteiger partial charge in [0, 0.05) is 24.0 Å². The molecule has 0 unspecified atom stereocenters. The first-order valence-electron chi connectivity index (χ1n) is 11.6. The summed E-state index contributed by atoms with van der Waals surface area (Å²) in [6.07, 6.45) is 8.40. The van der Waals surface area contributed by atoms with Crippen LogP contribution in [-0.4, -0.2) is 25.2 Å². The molecule has 0 bridgehead atoms. The Labute approximate surface area is 181 Å². The molecular weight excluding hydrogens is 386 g/mol. The van der Waals surface area contributed by atoms with Crippen LogP contribution < -0.4 is 0 Å². The molecule has 6 rings (SSSR count). The number of imidazole rings is 1. The summed E-state index contributed by atoms with van der Waals surface area (Å²) in [5.74, 6) is 0.695. The third-order valence-corrected chi connectivity index (χ3v) is 7.24. The van der Waals surface area contributed by atoms with E-state index in [1.165, 1.54) is 54.3 Å². The largest absolute Gasteiger partial charge is 0.478 e. The molecule has 0 saturated heterocycles. The maximum absolute atomic E-state index is 11.7. The van der Waals surface area contributed by atoms with Crippen LogP contribution in [0.4, 0.5) is 0 Å². The number of rotatable bonds is 2. The van der Waals surface area contributed by atoms with Crippen molar-refractivity contribution in [1.29, 1.82) is 0 Å². The molecule has 1 N–H and O–H groups in total. The fraction of sp³-hybridized carbons (Fsp3) is 0.385. The molecule has 3 heterocycles. The summed E-state index contributed by atoms with van der Waals surface area (Å²) in [4.78, 5) is 16.9. The molecule has 31 heavy (non-hydrogen) atoms. The lowest BCUT2D eigenvalue weighted by molar-refractivity contribution is 0.0697. The number of aromatic nitrogens is 3. The number of para-hydroxylation sites is 2. The molecule has 2 aromatic heterocycles. The maximum atomic E-state index is 11.7. The van der Waals surface area contributed by atoms with Crippen molar-refractivity contribution in [3.8, 4) is 11.5 Å². The van der Waals surface area contributed by atoms with E-state index in [0.29, 0.717) is 11.5 Å². The summed E-state index contributed by atoms with van der Waals surface area (Å²) in [7, 11) is 0. The minimum atomic E-state index is -0.866. The van der Waals surface area contributed by atoms with E-state index in [2.05, 4.69) is 33.4 Å². The molecule has 1 saturated carbocycles. The van der Waals surface area contributed by atoms with Gasteiger partial charge in [-0.2, -0.15) is 0 Å². The van der Waals surface area contributed by atoms with Crippen LogP contribution in [0.25, 0.3) is 33.5 Å². The minimum Gasteiger partial charge on any atom is -0.478 e. The van der Waals surface area contributed by atoms with Crippen molar-refractivity contribution in [2.45, 2.75) is 64.0 Å². The first-order valence-corrected chi connectivity index (χ1v) is 11.6. The molecule has 158 valence electrons. The van der Waals surface area contributed by atoms with Gasteiger partial charge in [0.15, 0.2) is 5.82 Å². The van der Waals surface area contributed by atoms with Crippen LogP contribution in [-0.2, 0) is 13.1 Å². The van der Waals surface area contributed by atoms with Gasteiger partial charge < -0.3 is 14.2 Å². The van der Waals surface area contributed by atoms with Crippen molar-refractivity contribution < 1.29 is 9.90 Å². The zero-order valence-electron chi connectivity index (χ0n) is 17.7. The number of carboxylic acids is 1. The highest BCUT2D eigenvalue weighted by Gasteiger charge is 2.30. The van der Waals surface area contributed by atoms with Crippen molar-refractivity contribution in [3.63, 3.8) is 0 Å². The Balaban J connectivity index is 1.71. The van der Waals surface area contributed by atoms with Crippen molar-refractivity contribution >= 4 is 27.9 Å². The number of aromatic carboxylic acids is 1. The van der Waals surface area contributed by atoms with Crippen LogP contribution >= 0.6 is 0 Å². The van der Waals surface area contributed by atoms with Crippen LogP contribution in [0.5, 0.6) is 0 Å². The zero-order chi connectivity index (χ0) is 20.9. The molecule has 1 fully saturated rings. The molecule has 0 radical (unpaired) electrons. The number of hydrogen-bond donors (Lipinski definition) is 1. The van der Waals surface area contributed by atoms with Gasteiger partial charge in [-0.1, -0.05) is 37.5 Å². The summed E-state index contributed by atoms with van der Waals surface area (Å²) in [6.45, 7) is 1.88. The van der Waals surface area contributed by atoms with Gasteiger partial charge in [-0.25, -0.2) is 9.78 Å². The van der Waals surface area contributed by atoms with Gasteiger partial charge in [-0.15, -0.1) is 0 Å². The summed E-state index contributed by atoms with van der Waals surface area (Å²) in [6, 6.07) is 14.1. The third kappa shape index (κ3) is 2.90. The van der Waals surface area contributed by atoms with Gasteiger partial charge in [-0.3, -0.25) is 0 Å². The summed E-state index contributed by atoms with van der Waals surface area (Å²) < 4.78 is 4.77. The van der Waals surface area contributed by atoms with Crippen molar-refractivity contribution in [2.24, 2.45) is 0 Å². The number of carbonyl (C=O) groups is 1. The van der Waals surface area contributed by atoms with Crippen LogP contribution in [0.3, 0.4) is 0 Å². The quantitative estimate of drug-likeness (QED) is 0.426. The summed E-state index contributed by atoms with van der Waals surface area (Å²) in [5.41, 5.74) is 6.26. The molecule has 0 atom stereocenters. The van der Waals surface area contributed by atoms with E-state index in [0.717, 1.165) is 42.8 Å². The van der Waals surface area contributed by atoms with Crippen molar-refractivity contribution in [3.05, 3.63) is 53.6 Å². The number of benzene rings is 2. The number of carboxylic acid groups (broad SMARTS) is 1. The van der Waals surface area contributed by atoms with Crippen LogP contribution in [0.15, 0.2) is 42.5 Å². The van der Waals surface area contributed by atoms with Gasteiger partial charge in [0.05, 0.1) is 22.3 Å². The number of aryl methyl sites for hydroxylation is 2. The van der Waals surface area contributed by atoms with Crippen LogP contribution in [0.1, 0.15) is 66.8 Å². The van der Waals surface area contributed by atoms with Crippen molar-refractivity contribution in [1.82, 2.24) is 14.1 Å². The topological polar surface area (TPSA) is 60.0 Å². The average molecular weight is 414 g/mol. The van der Waals surface area contributed by atoms with E-state index in [1.807, 2.05) is 12.1 Å². The second kappa shape index (κ2) is 7.26. The molecule has 5 nitrogen and oxygen atoms in total. The normalized spacial score (nSPS) is 17.3. The lowest BCUT2D eigenvalue weighted by Gasteiger charge is -2.24. The smallest absolute Gasteiger partial charge is 0.335 e. The van der Waals surface area contributed by atoms with E-state index in [9.17, 15) is 9.90 Å². The fourth-order valence-corrected chi connectivity index (χ4v) is 5.81. The first kappa shape index (κ1) is 18.7. The third-order valence-electron chi connectivity index (χ3n) is 7.24. The molecule has 2 aliphatic rings. The van der Waals surface area contributed by atoms with Crippen molar-refractivity contribution in [2.75, 3.05) is 0 Å². The highest BCUT2D eigenvalue weighted by molar-refractivity contribution is 5.98. The fourth-order valence-electron chi connectivity index (χ4n) is 5.81. The number of nitrogens with zero attached hydrogens (tertiary/aromatic N) is 3. The molecule has 1 aliphatic carbocycles. The summed E-state index contributed by atoms with van der Waals surface area (Å²) >= 11 is 0. The Kier molecular flexibility index (Phi) is 4.37. The lowest BCUT2D eigenvalue weighted by atomic mass is 9.82. The van der Waals surface area contributed by atoms with E-state index >= 15 is 0 Å². The highest BCUT2D eigenvalue weighted by atomic mass is 16.4. The van der Waals surface area contributed by atoms with Crippen LogP contribution in [0.2, 0.25) is 0 Å². The van der Waals surface area contributed by atoms with Gasteiger partial charge >= 0.3 is 5.97 Å². The zero-order valence-corrected chi connectivity index (χ0v) is 17.7. The predicted octanol–water partition coefficient (Wildman–Crippen LogP) is 6.20. The molecule has 1 aliphatic heterocycles. The Bertz CT molecular complexity index is 1310. The predicted molar refractivity (Wildman–Crippen MR) is 123 cm³/mol. The number of hydrogen-bond acceptors (Lipinski definition) is 2. The summed E-state index contributed by atoms with van der Waals surface area (Å²) in [5, 5.41) is 10.8. The lowest BCUT2D eigenvalue weighted by Crippen LogP contribution is -2.13. The molecular formula is C26H27N3O2. The molecule has 0 amide bonds. The van der Waals surface area contributed by atoms with E-state index in [4.69, 9.17) is 4.98 Å². The van der Waals surface area contributed by atoms with E-state index in [-0.39, 0.29) is 0 Å². The molecule has 4 aromatic rings. The SMILES string of the molecule is O=C(O)c1ccc2c(C3CCCCC3)c3n(c2c1)CCCCn1c-3nc2ccccc21. The Morgan fingerprint density at radius 1 is 0.903 bits per heavy atom. The Morgan fingerprint density at radius 3 is 2.48 bits per heavy atom. The minimum absolute atomic E-state index is 0.360. The molecule has 2 aromatic carbocycles. The second-order valence-corrected chi connectivity index (χ2v) is 9.07. The molecule has 5 heteroatoms. The van der Waals surface area contributed by atoms with Gasteiger partial charge in [0.25, 0.3) is 0 Å². The van der Waals surface area contributed by atoms with E-state index in [1.54, 1.807) is 6.07 Å². The van der Waals surface area contributed by atoms with Crippen LogP contribution in [0, 0.1) is 0 Å². The number of fused-ring (bicyclic) bond motifs is 7. The van der Waals surface area contributed by atoms with Gasteiger partial charge in [-0.05, 0) is 61.4 Å². The van der Waals surface area contributed by atoms with Gasteiger partial charge in [0.1, 0.15) is 0 Å². The average Bonchev–Trinajstić information content (AvgIpc) is 3.30. The maximum Gasteiger partial charge on any atom is 0.335 e. The first-order chi connectivity index (χ1) is 15.2. The second-order valence-electron chi connectivity index (χ2n) is 9.07. The Morgan fingerprint density at radius 2 is 1.68 bits per heavy atom. The molecule has 0 spiro atoms.